The summed E-state index contributed by atoms with van der Waals surface area (Å²) in [5.41, 5.74) is 1.94. The Bertz CT molecular complexity index is 1220. The van der Waals surface area contributed by atoms with E-state index in [2.05, 4.69) is 36.8 Å². The van der Waals surface area contributed by atoms with E-state index in [9.17, 15) is 4.79 Å². The largest absolute Gasteiger partial charge is 0.296 e. The van der Waals surface area contributed by atoms with Crippen molar-refractivity contribution in [3.05, 3.63) is 60.4 Å². The fraction of sp³-hybridized carbons (Fsp3) is 0.360. The SMILES string of the molecule is CCN(C(=O)CSc1nnc(CN2CCCCC2)n1-c1ccccc1)c1nc2ccccc2s1. The first-order valence-corrected chi connectivity index (χ1v) is 13.5. The van der Waals surface area contributed by atoms with Gasteiger partial charge in [0.15, 0.2) is 16.1 Å². The normalized spacial score (nSPS) is 14.5. The minimum absolute atomic E-state index is 0.0201. The molecule has 9 heteroatoms. The summed E-state index contributed by atoms with van der Waals surface area (Å²) in [4.78, 5) is 22.1. The van der Waals surface area contributed by atoms with Crippen LogP contribution in [-0.2, 0) is 11.3 Å². The molecule has 0 radical (unpaired) electrons. The highest BCUT2D eigenvalue weighted by molar-refractivity contribution is 7.99. The molecule has 1 fully saturated rings. The molecule has 0 unspecified atom stereocenters. The van der Waals surface area contributed by atoms with E-state index in [1.165, 1.54) is 31.0 Å². The van der Waals surface area contributed by atoms with Crippen LogP contribution < -0.4 is 4.90 Å². The number of thioether (sulfide) groups is 1. The Kier molecular flexibility index (Phi) is 7.22. The number of likely N-dealkylation sites (tertiary alicyclic amines) is 1. The van der Waals surface area contributed by atoms with Gasteiger partial charge in [-0.1, -0.05) is 59.9 Å². The van der Waals surface area contributed by atoms with Crippen LogP contribution in [0.2, 0.25) is 0 Å². The van der Waals surface area contributed by atoms with Crippen molar-refractivity contribution in [3.8, 4) is 5.69 Å². The van der Waals surface area contributed by atoms with Crippen molar-refractivity contribution in [1.82, 2.24) is 24.6 Å². The Labute approximate surface area is 207 Å². The van der Waals surface area contributed by atoms with Crippen LogP contribution in [0, 0.1) is 0 Å². The van der Waals surface area contributed by atoms with E-state index in [0.717, 1.165) is 51.7 Å². The van der Waals surface area contributed by atoms with Crippen molar-refractivity contribution in [3.63, 3.8) is 0 Å². The summed E-state index contributed by atoms with van der Waals surface area (Å²) in [6, 6.07) is 18.2. The molecule has 2 aromatic carbocycles. The van der Waals surface area contributed by atoms with Gasteiger partial charge in [-0.25, -0.2) is 4.98 Å². The van der Waals surface area contributed by atoms with Gasteiger partial charge in [-0.3, -0.25) is 19.2 Å². The predicted molar refractivity (Wildman–Crippen MR) is 139 cm³/mol. The van der Waals surface area contributed by atoms with Gasteiger partial charge in [0.1, 0.15) is 0 Å². The Morgan fingerprint density at radius 2 is 1.79 bits per heavy atom. The Morgan fingerprint density at radius 1 is 1.03 bits per heavy atom. The molecule has 1 saturated heterocycles. The second-order valence-corrected chi connectivity index (χ2v) is 10.2. The van der Waals surface area contributed by atoms with Gasteiger partial charge >= 0.3 is 0 Å². The first-order chi connectivity index (χ1) is 16.7. The topological polar surface area (TPSA) is 67.2 Å². The zero-order valence-corrected chi connectivity index (χ0v) is 20.9. The number of anilines is 1. The van der Waals surface area contributed by atoms with Gasteiger partial charge in [0, 0.05) is 12.2 Å². The lowest BCUT2D eigenvalue weighted by atomic mass is 10.1. The van der Waals surface area contributed by atoms with Crippen molar-refractivity contribution < 1.29 is 4.79 Å². The number of para-hydroxylation sites is 2. The summed E-state index contributed by atoms with van der Waals surface area (Å²) in [5.74, 6) is 1.21. The number of benzene rings is 2. The van der Waals surface area contributed by atoms with Gasteiger partial charge in [-0.05, 0) is 57.1 Å². The zero-order valence-electron chi connectivity index (χ0n) is 19.3. The number of piperidine rings is 1. The number of carbonyl (C=O) groups excluding carboxylic acids is 1. The van der Waals surface area contributed by atoms with Crippen LogP contribution in [0.25, 0.3) is 15.9 Å². The summed E-state index contributed by atoms with van der Waals surface area (Å²) in [6.45, 7) is 5.51. The summed E-state index contributed by atoms with van der Waals surface area (Å²) >= 11 is 2.98. The van der Waals surface area contributed by atoms with Crippen LogP contribution in [-0.4, -0.2) is 55.9 Å². The van der Waals surface area contributed by atoms with Crippen molar-refractivity contribution in [2.24, 2.45) is 0 Å². The Morgan fingerprint density at radius 3 is 2.56 bits per heavy atom. The lowest BCUT2D eigenvalue weighted by Gasteiger charge is -2.26. The molecule has 7 nitrogen and oxygen atoms in total. The fourth-order valence-corrected chi connectivity index (χ4v) is 6.14. The lowest BCUT2D eigenvalue weighted by Crippen LogP contribution is -2.32. The second-order valence-electron chi connectivity index (χ2n) is 8.30. The molecule has 176 valence electrons. The van der Waals surface area contributed by atoms with E-state index in [-0.39, 0.29) is 11.7 Å². The molecule has 0 spiro atoms. The third-order valence-corrected chi connectivity index (χ3v) is 7.96. The standard InChI is InChI=1S/C25H28N6OS2/c1-2-30(24-26-20-13-7-8-14-21(20)34-24)23(32)18-33-25-28-27-22(17-29-15-9-4-10-16-29)31(25)19-11-5-3-6-12-19/h3,5-8,11-14H,2,4,9-10,15-18H2,1H3. The molecule has 0 aliphatic carbocycles. The first-order valence-electron chi connectivity index (χ1n) is 11.7. The van der Waals surface area contributed by atoms with Crippen molar-refractivity contribution in [2.75, 3.05) is 30.3 Å². The highest BCUT2D eigenvalue weighted by atomic mass is 32.2. The van der Waals surface area contributed by atoms with Gasteiger partial charge in [-0.15, -0.1) is 10.2 Å². The smallest absolute Gasteiger partial charge is 0.239 e. The summed E-state index contributed by atoms with van der Waals surface area (Å²) in [6.07, 6.45) is 3.76. The number of amides is 1. The second kappa shape index (κ2) is 10.7. The van der Waals surface area contributed by atoms with E-state index in [1.807, 2.05) is 49.4 Å². The number of rotatable bonds is 8. The third kappa shape index (κ3) is 5.01. The lowest BCUT2D eigenvalue weighted by molar-refractivity contribution is -0.116. The van der Waals surface area contributed by atoms with Crippen LogP contribution >= 0.6 is 23.1 Å². The maximum Gasteiger partial charge on any atom is 0.239 e. The monoisotopic (exact) mass is 492 g/mol. The first kappa shape index (κ1) is 23.0. The number of hydrogen-bond donors (Lipinski definition) is 0. The average molecular weight is 493 g/mol. The molecule has 2 aromatic heterocycles. The maximum absolute atomic E-state index is 13.2. The zero-order chi connectivity index (χ0) is 23.3. The van der Waals surface area contributed by atoms with Gasteiger partial charge in [0.25, 0.3) is 0 Å². The van der Waals surface area contributed by atoms with Gasteiger partial charge in [0.05, 0.1) is 22.5 Å². The van der Waals surface area contributed by atoms with Crippen LogP contribution in [0.4, 0.5) is 5.13 Å². The molecule has 3 heterocycles. The third-order valence-electron chi connectivity index (χ3n) is 5.98. The van der Waals surface area contributed by atoms with Crippen LogP contribution in [0.1, 0.15) is 32.0 Å². The molecule has 34 heavy (non-hydrogen) atoms. The summed E-state index contributed by atoms with van der Waals surface area (Å²) < 4.78 is 3.18. The molecule has 0 bridgehead atoms. The number of fused-ring (bicyclic) bond motifs is 1. The number of thiazole rings is 1. The van der Waals surface area contributed by atoms with Gasteiger partial charge in [0.2, 0.25) is 5.91 Å². The predicted octanol–water partition coefficient (Wildman–Crippen LogP) is 5.01. The van der Waals surface area contributed by atoms with Crippen LogP contribution in [0.3, 0.4) is 0 Å². The minimum Gasteiger partial charge on any atom is -0.296 e. The maximum atomic E-state index is 13.2. The number of nitrogens with zero attached hydrogens (tertiary/aromatic N) is 6. The number of carbonyl (C=O) groups is 1. The van der Waals surface area contributed by atoms with E-state index in [4.69, 9.17) is 0 Å². The van der Waals surface area contributed by atoms with E-state index in [1.54, 1.807) is 16.2 Å². The van der Waals surface area contributed by atoms with Crippen molar-refractivity contribution in [2.45, 2.75) is 37.9 Å². The molecular formula is C25H28N6OS2. The molecule has 0 saturated carbocycles. The van der Waals surface area contributed by atoms with Crippen molar-refractivity contribution in [1.29, 1.82) is 0 Å². The van der Waals surface area contributed by atoms with E-state index < -0.39 is 0 Å². The minimum atomic E-state index is 0.0201. The van der Waals surface area contributed by atoms with Crippen LogP contribution in [0.15, 0.2) is 59.8 Å². The van der Waals surface area contributed by atoms with E-state index >= 15 is 0 Å². The van der Waals surface area contributed by atoms with Gasteiger partial charge in [-0.2, -0.15) is 0 Å². The van der Waals surface area contributed by atoms with Gasteiger partial charge < -0.3 is 0 Å². The summed E-state index contributed by atoms with van der Waals surface area (Å²) in [5, 5.41) is 10.5. The molecule has 0 N–H and O–H groups in total. The molecule has 1 aliphatic rings. The van der Waals surface area contributed by atoms with E-state index in [0.29, 0.717) is 6.54 Å². The van der Waals surface area contributed by atoms with Crippen LogP contribution in [0.5, 0.6) is 0 Å². The molecular weight excluding hydrogens is 464 g/mol. The molecule has 1 amide bonds. The van der Waals surface area contributed by atoms with Crippen molar-refractivity contribution >= 4 is 44.4 Å². The average Bonchev–Trinajstić information content (AvgIpc) is 3.48. The highest BCUT2D eigenvalue weighted by Gasteiger charge is 2.22. The molecule has 4 aromatic rings. The Hall–Kier alpha value is -2.75. The number of aromatic nitrogens is 4. The Balaban J connectivity index is 1.35. The number of hydrogen-bond acceptors (Lipinski definition) is 7. The molecule has 5 rings (SSSR count). The highest BCUT2D eigenvalue weighted by Crippen LogP contribution is 2.30. The molecule has 0 atom stereocenters. The fourth-order valence-electron chi connectivity index (χ4n) is 4.25. The molecule has 1 aliphatic heterocycles. The summed E-state index contributed by atoms with van der Waals surface area (Å²) in [7, 11) is 0. The quantitative estimate of drug-likeness (QED) is 0.322.